The van der Waals surface area contributed by atoms with Crippen molar-refractivity contribution in [3.63, 3.8) is 0 Å². The van der Waals surface area contributed by atoms with Gasteiger partial charge in [-0.15, -0.1) is 0 Å². The molecule has 0 saturated carbocycles. The Labute approximate surface area is 414 Å². The van der Waals surface area contributed by atoms with E-state index in [-0.39, 0.29) is 0 Å². The second-order valence-corrected chi connectivity index (χ2v) is 19.8. The molecule has 342 valence electrons. The molecule has 0 aliphatic carbocycles. The van der Waals surface area contributed by atoms with Gasteiger partial charge in [0.1, 0.15) is 11.5 Å². The lowest BCUT2D eigenvalue weighted by atomic mass is 9.93. The fourth-order valence-corrected chi connectivity index (χ4v) is 12.1. The maximum absolute atomic E-state index is 6.98. The molecule has 0 unspecified atom stereocenters. The zero-order valence-electron chi connectivity index (χ0n) is 41.2. The van der Waals surface area contributed by atoms with Crippen molar-refractivity contribution in [2.45, 2.75) is 41.5 Å². The Morgan fingerprint density at radius 2 is 0.746 bits per heavy atom. The van der Waals surface area contributed by atoms with Gasteiger partial charge in [0.2, 0.25) is 0 Å². The number of para-hydroxylation sites is 2. The highest BCUT2D eigenvalue weighted by Gasteiger charge is 2.20. The highest BCUT2D eigenvalue weighted by molar-refractivity contribution is 6.13. The Morgan fingerprint density at radius 3 is 1.32 bits per heavy atom. The topological polar surface area (TPSA) is 24.0 Å². The van der Waals surface area contributed by atoms with Crippen molar-refractivity contribution in [2.75, 3.05) is 0 Å². The van der Waals surface area contributed by atoms with E-state index in [4.69, 9.17) is 4.74 Å². The van der Waals surface area contributed by atoms with Crippen LogP contribution in [0.15, 0.2) is 194 Å². The van der Waals surface area contributed by atoms with Gasteiger partial charge in [0.05, 0.1) is 22.1 Å². The lowest BCUT2D eigenvalue weighted by molar-refractivity contribution is 0.484. The van der Waals surface area contributed by atoms with Gasteiger partial charge in [0.15, 0.2) is 0 Å². The van der Waals surface area contributed by atoms with E-state index in [1.165, 1.54) is 99.3 Å². The Hall–Kier alpha value is -8.60. The molecule has 10 aromatic carbocycles. The van der Waals surface area contributed by atoms with Crippen molar-refractivity contribution in [1.82, 2.24) is 13.7 Å². The van der Waals surface area contributed by atoms with Crippen molar-refractivity contribution in [1.29, 1.82) is 0 Å². The van der Waals surface area contributed by atoms with Crippen LogP contribution in [-0.2, 0) is 7.05 Å². The number of hydrogen-bond acceptors (Lipinski definition) is 1. The van der Waals surface area contributed by atoms with E-state index >= 15 is 0 Å². The number of aryl methyl sites for hydroxylation is 7. The number of benzene rings is 10. The molecule has 0 N–H and O–H groups in total. The lowest BCUT2D eigenvalue weighted by Crippen LogP contribution is -1.95. The number of ether oxygens (including phenoxy) is 1. The highest BCUT2D eigenvalue weighted by atomic mass is 16.5. The monoisotopic (exact) mass is 915 g/mol. The molecule has 3 heterocycles. The first-order valence-electron chi connectivity index (χ1n) is 24.7. The molecule has 0 atom stereocenters. The Bertz CT molecular complexity index is 4280. The SMILES string of the molecule is Cc1cc(C)c(-c2ccc3c(c2)c2cc(Oc4ccc5c(c4)c4cc(-c6c(C)cc(C)cc6C)ccc4n5-c4cccc(-c5ccc6c7ccccc7n(C)c6c5)c4)ccc2n3-c2ccccc2)c(C)c1. The molecule has 0 saturated heterocycles. The van der Waals surface area contributed by atoms with Crippen LogP contribution in [0.2, 0.25) is 0 Å². The first-order chi connectivity index (χ1) is 34.6. The molecule has 3 aromatic heterocycles. The largest absolute Gasteiger partial charge is 0.457 e. The van der Waals surface area contributed by atoms with E-state index in [1.54, 1.807) is 0 Å². The molecule has 4 nitrogen and oxygen atoms in total. The summed E-state index contributed by atoms with van der Waals surface area (Å²) in [5.74, 6) is 1.59. The minimum Gasteiger partial charge on any atom is -0.457 e. The first kappa shape index (κ1) is 42.5. The van der Waals surface area contributed by atoms with Crippen molar-refractivity contribution >= 4 is 65.4 Å². The molecular weight excluding hydrogens is 863 g/mol. The van der Waals surface area contributed by atoms with Gasteiger partial charge in [-0.3, -0.25) is 0 Å². The van der Waals surface area contributed by atoms with E-state index in [1.807, 2.05) is 0 Å². The van der Waals surface area contributed by atoms with Crippen LogP contribution in [0, 0.1) is 41.5 Å². The highest BCUT2D eigenvalue weighted by Crippen LogP contribution is 2.42. The number of fused-ring (bicyclic) bond motifs is 9. The maximum Gasteiger partial charge on any atom is 0.128 e. The zero-order chi connectivity index (χ0) is 48.2. The average molecular weight is 916 g/mol. The predicted molar refractivity (Wildman–Crippen MR) is 300 cm³/mol. The van der Waals surface area contributed by atoms with E-state index in [2.05, 4.69) is 256 Å². The fraction of sp³-hybridized carbons (Fsp3) is 0.104. The lowest BCUT2D eigenvalue weighted by Gasteiger charge is -2.13. The van der Waals surface area contributed by atoms with Crippen LogP contribution in [-0.4, -0.2) is 13.7 Å². The van der Waals surface area contributed by atoms with Crippen LogP contribution >= 0.6 is 0 Å². The van der Waals surface area contributed by atoms with Gasteiger partial charge in [-0.2, -0.15) is 0 Å². The summed E-state index contributed by atoms with van der Waals surface area (Å²) in [6.07, 6.45) is 0. The van der Waals surface area contributed by atoms with Gasteiger partial charge in [-0.1, -0.05) is 108 Å². The third-order valence-corrected chi connectivity index (χ3v) is 15.0. The summed E-state index contributed by atoms with van der Waals surface area (Å²) in [4.78, 5) is 0. The Morgan fingerprint density at radius 1 is 0.296 bits per heavy atom. The van der Waals surface area contributed by atoms with Crippen LogP contribution in [0.3, 0.4) is 0 Å². The van der Waals surface area contributed by atoms with Crippen LogP contribution in [0.5, 0.6) is 11.5 Å². The van der Waals surface area contributed by atoms with Crippen LogP contribution in [0.4, 0.5) is 0 Å². The molecule has 0 amide bonds. The molecule has 13 aromatic rings. The quantitative estimate of drug-likeness (QED) is 0.156. The molecule has 0 spiro atoms. The number of hydrogen-bond donors (Lipinski definition) is 0. The number of rotatable bonds is 7. The number of nitrogens with zero attached hydrogens (tertiary/aromatic N) is 3. The standard InChI is InChI=1S/C67H53N3O/c1-40-30-42(3)66(43(4)31-40)48-21-26-61-56(35-48)58-38-52(23-28-63(58)69(61)50-15-9-8-10-16-50)71-53-24-29-64-59(39-53)57-36-49(67-44(5)32-41(2)33-45(67)6)22-27-62(57)70(64)51-17-13-14-46(34-51)47-20-25-55-54-18-11-12-19-60(54)68(7)65(55)37-47/h8-39H,1-7H3. The van der Waals surface area contributed by atoms with E-state index in [9.17, 15) is 0 Å². The minimum absolute atomic E-state index is 0.791. The van der Waals surface area contributed by atoms with E-state index in [0.29, 0.717) is 0 Å². The summed E-state index contributed by atoms with van der Waals surface area (Å²) in [6.45, 7) is 13.3. The van der Waals surface area contributed by atoms with Gasteiger partial charge in [-0.25, -0.2) is 0 Å². The Kier molecular flexibility index (Phi) is 9.73. The van der Waals surface area contributed by atoms with Gasteiger partial charge in [0.25, 0.3) is 0 Å². The van der Waals surface area contributed by atoms with E-state index < -0.39 is 0 Å². The van der Waals surface area contributed by atoms with Gasteiger partial charge >= 0.3 is 0 Å². The molecule has 0 aliphatic heterocycles. The molecule has 71 heavy (non-hydrogen) atoms. The van der Waals surface area contributed by atoms with Crippen molar-refractivity contribution < 1.29 is 4.74 Å². The molecule has 0 bridgehead atoms. The Balaban J connectivity index is 0.958. The molecular formula is C67H53N3O. The smallest absolute Gasteiger partial charge is 0.128 e. The molecule has 4 heteroatoms. The summed E-state index contributed by atoms with van der Waals surface area (Å²) < 4.78 is 14.1. The predicted octanol–water partition coefficient (Wildman–Crippen LogP) is 18.2. The summed E-state index contributed by atoms with van der Waals surface area (Å²) >= 11 is 0. The van der Waals surface area contributed by atoms with Gasteiger partial charge in [0, 0.05) is 61.8 Å². The summed E-state index contributed by atoms with van der Waals surface area (Å²) in [7, 11) is 2.17. The normalized spacial score (nSPS) is 11.9. The summed E-state index contributed by atoms with van der Waals surface area (Å²) in [5, 5.41) is 7.21. The maximum atomic E-state index is 6.98. The van der Waals surface area contributed by atoms with E-state index in [0.717, 1.165) is 55.7 Å². The van der Waals surface area contributed by atoms with Crippen LogP contribution < -0.4 is 4.74 Å². The van der Waals surface area contributed by atoms with Crippen LogP contribution in [0.1, 0.15) is 33.4 Å². The third-order valence-electron chi connectivity index (χ3n) is 15.0. The summed E-state index contributed by atoms with van der Waals surface area (Å²) in [6, 6.07) is 71.5. The van der Waals surface area contributed by atoms with Gasteiger partial charge in [-0.05, 0) is 194 Å². The zero-order valence-corrected chi connectivity index (χ0v) is 41.2. The second kappa shape index (κ2) is 16.3. The van der Waals surface area contributed by atoms with Crippen LogP contribution in [0.25, 0.3) is 110 Å². The molecule has 0 fully saturated rings. The molecule has 0 aliphatic rings. The fourth-order valence-electron chi connectivity index (χ4n) is 12.1. The number of aromatic nitrogens is 3. The average Bonchev–Trinajstić information content (AvgIpc) is 3.97. The molecule has 0 radical (unpaired) electrons. The summed E-state index contributed by atoms with van der Waals surface area (Å²) in [5.41, 5.74) is 24.4. The third kappa shape index (κ3) is 6.88. The molecule has 13 rings (SSSR count). The first-order valence-corrected chi connectivity index (χ1v) is 24.7. The van der Waals surface area contributed by atoms with Crippen molar-refractivity contribution in [2.24, 2.45) is 7.05 Å². The van der Waals surface area contributed by atoms with Crippen molar-refractivity contribution in [3.05, 3.63) is 228 Å². The minimum atomic E-state index is 0.791. The van der Waals surface area contributed by atoms with Crippen molar-refractivity contribution in [3.8, 4) is 56.3 Å². The second-order valence-electron chi connectivity index (χ2n) is 19.8. The van der Waals surface area contributed by atoms with Gasteiger partial charge < -0.3 is 18.4 Å².